The Hall–Kier alpha value is -1.96. The van der Waals surface area contributed by atoms with Gasteiger partial charge < -0.3 is 0 Å². The first-order chi connectivity index (χ1) is 13.6. The molecule has 0 saturated carbocycles. The number of halogens is 1. The molecule has 2 nitrogen and oxygen atoms in total. The third kappa shape index (κ3) is 3.92. The van der Waals surface area contributed by atoms with E-state index in [2.05, 4.69) is 106 Å². The topological polar surface area (TPSA) is 26.3 Å². The molecule has 0 aromatic heterocycles. The van der Waals surface area contributed by atoms with E-state index in [1.807, 2.05) is 0 Å². The summed E-state index contributed by atoms with van der Waals surface area (Å²) in [7, 11) is 1.45. The van der Waals surface area contributed by atoms with Crippen molar-refractivity contribution in [3.8, 4) is 0 Å². The van der Waals surface area contributed by atoms with Crippen molar-refractivity contribution in [1.29, 1.82) is 0 Å². The molecule has 0 N–H and O–H groups in total. The Balaban J connectivity index is 2.15. The van der Waals surface area contributed by atoms with Crippen LogP contribution in [0.25, 0.3) is 0 Å². The van der Waals surface area contributed by atoms with Crippen LogP contribution in [0.4, 0.5) is 0 Å². The summed E-state index contributed by atoms with van der Waals surface area (Å²) in [6.45, 7) is 0. The zero-order valence-corrected chi connectivity index (χ0v) is 18.6. The number of hydrogen-bond acceptors (Lipinski definition) is 2. The van der Waals surface area contributed by atoms with Crippen molar-refractivity contribution in [3.05, 3.63) is 91.0 Å². The van der Waals surface area contributed by atoms with Crippen LogP contribution < -0.4 is 15.9 Å². The molecule has 0 aliphatic rings. The summed E-state index contributed by atoms with van der Waals surface area (Å²) < 4.78 is 4.82. The third-order valence-electron chi connectivity index (χ3n) is 5.32. The van der Waals surface area contributed by atoms with Gasteiger partial charge in [-0.1, -0.05) is 0 Å². The van der Waals surface area contributed by atoms with Gasteiger partial charge in [0.15, 0.2) is 0 Å². The zero-order chi connectivity index (χ0) is 19.9. The van der Waals surface area contributed by atoms with Gasteiger partial charge in [0.1, 0.15) is 0 Å². The molecule has 0 radical (unpaired) electrons. The summed E-state index contributed by atoms with van der Waals surface area (Å²) >= 11 is 4.42. The van der Waals surface area contributed by atoms with E-state index in [1.165, 1.54) is 23.0 Å². The third-order valence-corrected chi connectivity index (χ3v) is 15.4. The number of benzene rings is 3. The van der Waals surface area contributed by atoms with E-state index in [-0.39, 0.29) is 5.97 Å². The van der Waals surface area contributed by atoms with Crippen LogP contribution in [0.1, 0.15) is 19.3 Å². The monoisotopic (exact) mass is 456 g/mol. The Morgan fingerprint density at radius 1 is 0.750 bits per heavy atom. The molecule has 0 heterocycles. The molecule has 0 bridgehead atoms. The molecule has 4 heteroatoms. The fourth-order valence-corrected chi connectivity index (χ4v) is 11.6. The minimum atomic E-state index is -2.86. The van der Waals surface area contributed by atoms with Crippen LogP contribution in [0.15, 0.2) is 91.0 Å². The Morgan fingerprint density at radius 2 is 1.14 bits per heavy atom. The van der Waals surface area contributed by atoms with Gasteiger partial charge in [-0.05, 0) is 0 Å². The Kier molecular flexibility index (Phi) is 6.69. The summed E-state index contributed by atoms with van der Waals surface area (Å²) in [5.41, 5.74) is 0. The second-order valence-corrected chi connectivity index (χ2v) is 16.0. The number of esters is 1. The molecule has 0 fully saturated rings. The maximum atomic E-state index is 11.6. The molecular formula is C24H26BrO2P. The normalized spacial score (nSPS) is 12.7. The second-order valence-electron chi connectivity index (χ2n) is 6.95. The van der Waals surface area contributed by atoms with Crippen LogP contribution >= 0.6 is 20.8 Å². The maximum absolute atomic E-state index is 11.6. The Labute approximate surface area is 175 Å². The molecular weight excluding hydrogens is 431 g/mol. The summed E-state index contributed by atoms with van der Waals surface area (Å²) in [5, 5.41) is 1.07. The first kappa shape index (κ1) is 20.8. The van der Waals surface area contributed by atoms with Gasteiger partial charge in [0, 0.05) is 0 Å². The molecule has 0 aliphatic carbocycles. The van der Waals surface area contributed by atoms with Gasteiger partial charge in [-0.25, -0.2) is 0 Å². The van der Waals surface area contributed by atoms with Gasteiger partial charge in [-0.3, -0.25) is 0 Å². The van der Waals surface area contributed by atoms with Gasteiger partial charge in [-0.2, -0.15) is 0 Å². The van der Waals surface area contributed by atoms with Crippen LogP contribution in [0, 0.1) is 0 Å². The van der Waals surface area contributed by atoms with E-state index in [4.69, 9.17) is 4.74 Å². The van der Waals surface area contributed by atoms with E-state index in [0.717, 1.165) is 19.0 Å². The molecule has 0 unspecified atom stereocenters. The van der Waals surface area contributed by atoms with Gasteiger partial charge in [0.05, 0.1) is 0 Å². The van der Waals surface area contributed by atoms with Crippen molar-refractivity contribution in [2.45, 2.75) is 19.3 Å². The quantitative estimate of drug-likeness (QED) is 0.265. The fourth-order valence-electron chi connectivity index (χ4n) is 3.83. The number of carbonyl (C=O) groups is 1. The predicted molar refractivity (Wildman–Crippen MR) is 125 cm³/mol. The molecule has 28 heavy (non-hydrogen) atoms. The molecule has 3 rings (SSSR count). The molecule has 0 amide bonds. The van der Waals surface area contributed by atoms with Crippen molar-refractivity contribution in [3.63, 3.8) is 0 Å². The summed E-state index contributed by atoms with van der Waals surface area (Å²) in [6, 6.07) is 32.2. The molecule has 3 aromatic carbocycles. The number of hydrogen-bond donors (Lipinski definition) is 0. The van der Waals surface area contributed by atoms with Crippen molar-refractivity contribution < 1.29 is 9.53 Å². The molecule has 0 spiro atoms. The van der Waals surface area contributed by atoms with Gasteiger partial charge in [0.25, 0.3) is 0 Å². The number of unbranched alkanes of at least 4 members (excludes halogenated alkanes) is 1. The minimum absolute atomic E-state index is 0.144. The van der Waals surface area contributed by atoms with Crippen molar-refractivity contribution in [1.82, 2.24) is 0 Å². The number of rotatable bonds is 8. The van der Waals surface area contributed by atoms with Crippen LogP contribution in [0.3, 0.4) is 0 Å². The standard InChI is InChI=1S/C24H26BrO2P/c1-27-24(26)19-11-12-20-28(25,21-13-5-2-6-14-21,22-15-7-3-8-16-22)23-17-9-4-10-18-23/h2-10,13-18H,11-12,19-20H2,1H3. The van der Waals surface area contributed by atoms with Crippen LogP contribution in [0.5, 0.6) is 0 Å². The van der Waals surface area contributed by atoms with Crippen molar-refractivity contribution in [2.24, 2.45) is 0 Å². The molecule has 146 valence electrons. The molecule has 0 aliphatic heterocycles. The fraction of sp³-hybridized carbons (Fsp3) is 0.208. The number of ether oxygens (including phenoxy) is 1. The summed E-state index contributed by atoms with van der Waals surface area (Å²) in [4.78, 5) is 11.6. The van der Waals surface area contributed by atoms with E-state index >= 15 is 0 Å². The summed E-state index contributed by atoms with van der Waals surface area (Å²) in [5.74, 6) is -0.144. The second kappa shape index (κ2) is 9.03. The van der Waals surface area contributed by atoms with Crippen LogP contribution in [-0.4, -0.2) is 19.2 Å². The number of methoxy groups -OCH3 is 1. The Bertz CT molecular complexity index is 798. The van der Waals surface area contributed by atoms with E-state index in [1.54, 1.807) is 0 Å². The first-order valence-electron chi connectivity index (χ1n) is 9.56. The SMILES string of the molecule is COC(=O)CCCCP(Br)(c1ccccc1)(c1ccccc1)c1ccccc1. The van der Waals surface area contributed by atoms with Crippen molar-refractivity contribution >= 4 is 42.7 Å². The predicted octanol–water partition coefficient (Wildman–Crippen LogP) is 5.17. The van der Waals surface area contributed by atoms with E-state index in [9.17, 15) is 4.79 Å². The van der Waals surface area contributed by atoms with Gasteiger partial charge in [-0.15, -0.1) is 0 Å². The Morgan fingerprint density at radius 3 is 1.50 bits per heavy atom. The molecule has 3 aromatic rings. The molecule has 0 atom stereocenters. The molecule has 0 saturated heterocycles. The average molecular weight is 457 g/mol. The first-order valence-corrected chi connectivity index (χ1v) is 14.0. The average Bonchev–Trinajstić information content (AvgIpc) is 2.78. The van der Waals surface area contributed by atoms with Gasteiger partial charge >= 0.3 is 176 Å². The summed E-state index contributed by atoms with van der Waals surface area (Å²) in [6.07, 6.45) is 3.13. The van der Waals surface area contributed by atoms with Gasteiger partial charge in [0.2, 0.25) is 0 Å². The van der Waals surface area contributed by atoms with E-state index < -0.39 is 5.31 Å². The van der Waals surface area contributed by atoms with Crippen molar-refractivity contribution in [2.75, 3.05) is 13.3 Å². The van der Waals surface area contributed by atoms with Crippen LogP contribution in [0.2, 0.25) is 0 Å². The zero-order valence-electron chi connectivity index (χ0n) is 16.1. The van der Waals surface area contributed by atoms with E-state index in [0.29, 0.717) is 6.42 Å². The number of carbonyl (C=O) groups excluding carboxylic acids is 1. The van der Waals surface area contributed by atoms with Crippen LogP contribution in [-0.2, 0) is 9.53 Å².